The number of aromatic nitrogens is 2. The van der Waals surface area contributed by atoms with Gasteiger partial charge in [0.1, 0.15) is 0 Å². The molecule has 1 aromatic rings. The van der Waals surface area contributed by atoms with Crippen LogP contribution in [0.25, 0.3) is 0 Å². The summed E-state index contributed by atoms with van der Waals surface area (Å²) < 4.78 is 28.3. The third kappa shape index (κ3) is 2.88. The topological polar surface area (TPSA) is 38.1 Å². The Balaban J connectivity index is 1.99. The summed E-state index contributed by atoms with van der Waals surface area (Å²) in [6, 6.07) is 0. The molecule has 2 atom stereocenters. The Hall–Kier alpha value is -0.970. The van der Waals surface area contributed by atoms with Gasteiger partial charge in [0.15, 0.2) is 0 Å². The lowest BCUT2D eigenvalue weighted by Gasteiger charge is -2.30. The second-order valence-electron chi connectivity index (χ2n) is 5.38. The number of halogens is 2. The van der Waals surface area contributed by atoms with Crippen LogP contribution in [0.4, 0.5) is 8.78 Å². The Kier molecular flexibility index (Phi) is 3.71. The van der Waals surface area contributed by atoms with E-state index in [-0.39, 0.29) is 18.8 Å². The van der Waals surface area contributed by atoms with Crippen molar-refractivity contribution < 1.29 is 13.9 Å². The Bertz CT molecular complexity index is 417. The van der Waals surface area contributed by atoms with E-state index in [1.54, 1.807) is 17.9 Å². The van der Waals surface area contributed by atoms with Crippen LogP contribution in [0.3, 0.4) is 0 Å². The molecule has 1 fully saturated rings. The number of hydrogen-bond donors (Lipinski definition) is 1. The molecule has 102 valence electrons. The molecule has 3 nitrogen and oxygen atoms in total. The molecule has 1 aliphatic rings. The molecule has 1 heterocycles. The number of hydrogen-bond acceptors (Lipinski definition) is 2. The zero-order valence-electron chi connectivity index (χ0n) is 10.9. The summed E-state index contributed by atoms with van der Waals surface area (Å²) >= 11 is 0. The zero-order chi connectivity index (χ0) is 13.3. The second-order valence-corrected chi connectivity index (χ2v) is 5.38. The molecular formula is C13H20F2N2O. The van der Waals surface area contributed by atoms with Crippen molar-refractivity contribution in [2.45, 2.75) is 51.1 Å². The van der Waals surface area contributed by atoms with Crippen molar-refractivity contribution in [2.24, 2.45) is 13.0 Å². The van der Waals surface area contributed by atoms with Crippen molar-refractivity contribution >= 4 is 0 Å². The van der Waals surface area contributed by atoms with Crippen LogP contribution in [0.2, 0.25) is 0 Å². The van der Waals surface area contributed by atoms with E-state index < -0.39 is 12.0 Å². The van der Waals surface area contributed by atoms with Crippen molar-refractivity contribution in [3.05, 3.63) is 17.5 Å². The Morgan fingerprint density at radius 2 is 2.33 bits per heavy atom. The average Bonchev–Trinajstić information content (AvgIpc) is 2.58. The quantitative estimate of drug-likeness (QED) is 0.905. The highest BCUT2D eigenvalue weighted by Gasteiger charge is 2.37. The third-order valence-electron chi connectivity index (χ3n) is 3.93. The van der Waals surface area contributed by atoms with Crippen LogP contribution < -0.4 is 0 Å². The van der Waals surface area contributed by atoms with E-state index in [2.05, 4.69) is 5.10 Å². The first-order valence-electron chi connectivity index (χ1n) is 6.43. The fourth-order valence-electron chi connectivity index (χ4n) is 2.76. The van der Waals surface area contributed by atoms with Gasteiger partial charge in [-0.3, -0.25) is 4.68 Å². The number of rotatable bonds is 3. The highest BCUT2D eigenvalue weighted by molar-refractivity contribution is 5.18. The van der Waals surface area contributed by atoms with Crippen molar-refractivity contribution in [2.75, 3.05) is 0 Å². The molecule has 0 aliphatic heterocycles. The van der Waals surface area contributed by atoms with Gasteiger partial charge in [0, 0.05) is 31.1 Å². The number of alkyl halides is 2. The molecule has 0 bridgehead atoms. The van der Waals surface area contributed by atoms with Gasteiger partial charge in [0.2, 0.25) is 5.92 Å². The van der Waals surface area contributed by atoms with Crippen molar-refractivity contribution in [3.8, 4) is 0 Å². The molecule has 18 heavy (non-hydrogen) atoms. The SMILES string of the molecule is Cc1c(C(O)CC2CCCC(F)(F)C2)cnn1C. The summed E-state index contributed by atoms with van der Waals surface area (Å²) in [6.07, 6.45) is 2.58. The monoisotopic (exact) mass is 258 g/mol. The Morgan fingerprint density at radius 1 is 1.61 bits per heavy atom. The Morgan fingerprint density at radius 3 is 2.89 bits per heavy atom. The van der Waals surface area contributed by atoms with Gasteiger partial charge in [-0.2, -0.15) is 5.10 Å². The zero-order valence-corrected chi connectivity index (χ0v) is 10.9. The van der Waals surface area contributed by atoms with E-state index >= 15 is 0 Å². The third-order valence-corrected chi connectivity index (χ3v) is 3.93. The number of aliphatic hydroxyl groups is 1. The highest BCUT2D eigenvalue weighted by atomic mass is 19.3. The maximum atomic E-state index is 13.3. The van der Waals surface area contributed by atoms with Crippen molar-refractivity contribution in [1.82, 2.24) is 9.78 Å². The van der Waals surface area contributed by atoms with Crippen LogP contribution in [0.15, 0.2) is 6.20 Å². The van der Waals surface area contributed by atoms with Crippen molar-refractivity contribution in [1.29, 1.82) is 0 Å². The molecule has 1 aromatic heterocycles. The van der Waals surface area contributed by atoms with E-state index in [9.17, 15) is 13.9 Å². The van der Waals surface area contributed by atoms with Gasteiger partial charge in [-0.1, -0.05) is 0 Å². The molecule has 1 N–H and O–H groups in total. The van der Waals surface area contributed by atoms with E-state index in [1.165, 1.54) is 0 Å². The lowest BCUT2D eigenvalue weighted by atomic mass is 9.82. The van der Waals surface area contributed by atoms with Gasteiger partial charge in [-0.25, -0.2) is 8.78 Å². The molecular weight excluding hydrogens is 238 g/mol. The highest BCUT2D eigenvalue weighted by Crippen LogP contribution is 2.40. The summed E-state index contributed by atoms with van der Waals surface area (Å²) in [5, 5.41) is 14.2. The second kappa shape index (κ2) is 4.96. The summed E-state index contributed by atoms with van der Waals surface area (Å²) in [4.78, 5) is 0. The molecule has 0 spiro atoms. The van der Waals surface area contributed by atoms with Crippen LogP contribution in [0.1, 0.15) is 49.5 Å². The lowest BCUT2D eigenvalue weighted by Crippen LogP contribution is -2.27. The molecule has 5 heteroatoms. The first-order valence-corrected chi connectivity index (χ1v) is 6.43. The summed E-state index contributed by atoms with van der Waals surface area (Å²) in [7, 11) is 1.81. The largest absolute Gasteiger partial charge is 0.388 e. The average molecular weight is 258 g/mol. The maximum Gasteiger partial charge on any atom is 0.248 e. The van der Waals surface area contributed by atoms with Gasteiger partial charge < -0.3 is 5.11 Å². The predicted octanol–water partition coefficient (Wildman–Crippen LogP) is 2.98. The standard InChI is InChI=1S/C13H20F2N2O/c1-9-11(8-16-17(9)2)12(18)6-10-4-3-5-13(14,15)7-10/h8,10,12,18H,3-7H2,1-2H3. The minimum atomic E-state index is -2.55. The molecule has 0 aromatic carbocycles. The van der Waals surface area contributed by atoms with Crippen LogP contribution in [-0.4, -0.2) is 20.8 Å². The first-order chi connectivity index (χ1) is 8.39. The fraction of sp³-hybridized carbons (Fsp3) is 0.769. The molecule has 0 saturated heterocycles. The number of aryl methyl sites for hydroxylation is 1. The summed E-state index contributed by atoms with van der Waals surface area (Å²) in [6.45, 7) is 1.88. The summed E-state index contributed by atoms with van der Waals surface area (Å²) in [5.74, 6) is -2.64. The maximum absolute atomic E-state index is 13.3. The van der Waals surface area contributed by atoms with E-state index in [0.29, 0.717) is 12.8 Å². The first kappa shape index (κ1) is 13.5. The van der Waals surface area contributed by atoms with Gasteiger partial charge in [-0.15, -0.1) is 0 Å². The van der Waals surface area contributed by atoms with Crippen LogP contribution in [-0.2, 0) is 7.05 Å². The molecule has 0 radical (unpaired) electrons. The van der Waals surface area contributed by atoms with Crippen LogP contribution >= 0.6 is 0 Å². The molecule has 1 aliphatic carbocycles. The van der Waals surface area contributed by atoms with Crippen LogP contribution in [0.5, 0.6) is 0 Å². The normalized spacial score (nSPS) is 25.1. The van der Waals surface area contributed by atoms with Crippen molar-refractivity contribution in [3.63, 3.8) is 0 Å². The Labute approximate surface area is 106 Å². The number of aliphatic hydroxyl groups excluding tert-OH is 1. The van der Waals surface area contributed by atoms with E-state index in [0.717, 1.165) is 17.7 Å². The smallest absolute Gasteiger partial charge is 0.248 e. The fourth-order valence-corrected chi connectivity index (χ4v) is 2.76. The minimum absolute atomic E-state index is 0.00842. The molecule has 0 amide bonds. The number of nitrogens with zero attached hydrogens (tertiary/aromatic N) is 2. The molecule has 1 saturated carbocycles. The van der Waals surface area contributed by atoms with Gasteiger partial charge in [-0.05, 0) is 32.1 Å². The molecule has 2 rings (SSSR count). The van der Waals surface area contributed by atoms with Gasteiger partial charge in [0.25, 0.3) is 0 Å². The predicted molar refractivity (Wildman–Crippen MR) is 64.4 cm³/mol. The van der Waals surface area contributed by atoms with Gasteiger partial charge in [0.05, 0.1) is 12.3 Å². The lowest BCUT2D eigenvalue weighted by molar-refractivity contribution is -0.0590. The van der Waals surface area contributed by atoms with Gasteiger partial charge >= 0.3 is 0 Å². The van der Waals surface area contributed by atoms with E-state index in [1.807, 2.05) is 6.92 Å². The minimum Gasteiger partial charge on any atom is -0.388 e. The van der Waals surface area contributed by atoms with E-state index in [4.69, 9.17) is 0 Å². The molecule has 2 unspecified atom stereocenters. The van der Waals surface area contributed by atoms with Crippen LogP contribution in [0, 0.1) is 12.8 Å². The summed E-state index contributed by atoms with van der Waals surface area (Å²) in [5.41, 5.74) is 1.65.